The highest BCUT2D eigenvalue weighted by Gasteiger charge is 2.04. The van der Waals surface area contributed by atoms with Crippen molar-refractivity contribution < 1.29 is 9.21 Å². The second-order valence-corrected chi connectivity index (χ2v) is 4.57. The number of hydrogen-bond acceptors (Lipinski definition) is 3. The summed E-state index contributed by atoms with van der Waals surface area (Å²) in [6.07, 6.45) is 1.41. The van der Waals surface area contributed by atoms with Crippen molar-refractivity contribution in [3.63, 3.8) is 0 Å². The number of carbonyl (C=O) groups excluding carboxylic acids is 1. The highest BCUT2D eigenvalue weighted by molar-refractivity contribution is 9.10. The molecule has 18 heavy (non-hydrogen) atoms. The van der Waals surface area contributed by atoms with Crippen LogP contribution in [0.2, 0.25) is 5.02 Å². The van der Waals surface area contributed by atoms with Crippen molar-refractivity contribution >= 4 is 39.7 Å². The zero-order valence-corrected chi connectivity index (χ0v) is 11.4. The maximum atomic E-state index is 11.7. The first kappa shape index (κ1) is 12.9. The van der Waals surface area contributed by atoms with Gasteiger partial charge in [-0.2, -0.15) is 5.10 Å². The number of nitrogens with one attached hydrogen (secondary N) is 1. The first-order valence-corrected chi connectivity index (χ1v) is 6.16. The van der Waals surface area contributed by atoms with Crippen molar-refractivity contribution in [3.8, 4) is 0 Å². The molecule has 0 saturated carbocycles. The summed E-state index contributed by atoms with van der Waals surface area (Å²) >= 11 is 8.95. The van der Waals surface area contributed by atoms with Crippen molar-refractivity contribution in [2.24, 2.45) is 5.10 Å². The third-order valence-electron chi connectivity index (χ3n) is 2.04. The van der Waals surface area contributed by atoms with Gasteiger partial charge < -0.3 is 4.42 Å². The number of benzene rings is 1. The van der Waals surface area contributed by atoms with Crippen LogP contribution in [0.1, 0.15) is 16.1 Å². The molecule has 1 N–H and O–H groups in total. The lowest BCUT2D eigenvalue weighted by atomic mass is 10.2. The molecule has 0 aliphatic heterocycles. The second-order valence-electron chi connectivity index (χ2n) is 3.35. The number of nitrogens with zero attached hydrogens (tertiary/aromatic N) is 1. The average molecular weight is 328 g/mol. The lowest BCUT2D eigenvalue weighted by Crippen LogP contribution is -2.17. The average Bonchev–Trinajstić information content (AvgIpc) is 2.75. The van der Waals surface area contributed by atoms with Gasteiger partial charge in [-0.05, 0) is 46.3 Å². The van der Waals surface area contributed by atoms with Gasteiger partial charge in [0, 0.05) is 10.6 Å². The molecule has 2 aromatic rings. The Balaban J connectivity index is 1.98. The van der Waals surface area contributed by atoms with Crippen molar-refractivity contribution in [2.75, 3.05) is 0 Å². The molecule has 0 aliphatic carbocycles. The SMILES string of the molecule is O=C(N/N=C/c1ccc(Br)o1)c1cccc(Cl)c1. The van der Waals surface area contributed by atoms with Crippen LogP contribution in [0.3, 0.4) is 0 Å². The van der Waals surface area contributed by atoms with E-state index in [4.69, 9.17) is 16.0 Å². The summed E-state index contributed by atoms with van der Waals surface area (Å²) in [4.78, 5) is 11.7. The summed E-state index contributed by atoms with van der Waals surface area (Å²) in [7, 11) is 0. The standard InChI is InChI=1S/C12H8BrClN2O2/c13-11-5-4-10(18-11)7-15-16-12(17)8-2-1-3-9(14)6-8/h1-7H,(H,16,17)/b15-7+. The molecule has 0 bridgehead atoms. The minimum atomic E-state index is -0.334. The number of halogens is 2. The Morgan fingerprint density at radius 2 is 2.22 bits per heavy atom. The molecule has 4 nitrogen and oxygen atoms in total. The van der Waals surface area contributed by atoms with Gasteiger partial charge in [-0.1, -0.05) is 17.7 Å². The molecule has 0 radical (unpaired) electrons. The number of furan rings is 1. The minimum absolute atomic E-state index is 0.334. The van der Waals surface area contributed by atoms with Gasteiger partial charge in [0.25, 0.3) is 5.91 Å². The summed E-state index contributed by atoms with van der Waals surface area (Å²) in [5, 5.41) is 4.28. The summed E-state index contributed by atoms with van der Waals surface area (Å²) in [5.41, 5.74) is 2.83. The van der Waals surface area contributed by atoms with Crippen LogP contribution in [-0.2, 0) is 0 Å². The second kappa shape index (κ2) is 5.84. The van der Waals surface area contributed by atoms with Gasteiger partial charge in [0.15, 0.2) is 4.67 Å². The zero-order chi connectivity index (χ0) is 13.0. The molecule has 1 heterocycles. The van der Waals surface area contributed by atoms with Crippen LogP contribution in [0.15, 0.2) is 50.6 Å². The lowest BCUT2D eigenvalue weighted by molar-refractivity contribution is 0.0955. The molecule has 0 saturated heterocycles. The quantitative estimate of drug-likeness (QED) is 0.693. The van der Waals surface area contributed by atoms with Gasteiger partial charge in [-0.3, -0.25) is 4.79 Å². The number of amides is 1. The van der Waals surface area contributed by atoms with Gasteiger partial charge >= 0.3 is 0 Å². The molecular formula is C12H8BrClN2O2. The Hall–Kier alpha value is -1.59. The van der Waals surface area contributed by atoms with E-state index in [2.05, 4.69) is 26.5 Å². The lowest BCUT2D eigenvalue weighted by Gasteiger charge is -1.99. The van der Waals surface area contributed by atoms with E-state index in [0.717, 1.165) is 0 Å². The molecule has 1 aromatic carbocycles. The third kappa shape index (κ3) is 3.45. The van der Waals surface area contributed by atoms with E-state index in [1.165, 1.54) is 6.21 Å². The van der Waals surface area contributed by atoms with E-state index in [1.54, 1.807) is 36.4 Å². The molecule has 1 aromatic heterocycles. The predicted molar refractivity (Wildman–Crippen MR) is 72.9 cm³/mol. The van der Waals surface area contributed by atoms with E-state index in [0.29, 0.717) is 21.0 Å². The van der Waals surface area contributed by atoms with Crippen molar-refractivity contribution in [1.29, 1.82) is 0 Å². The van der Waals surface area contributed by atoms with Crippen LogP contribution < -0.4 is 5.43 Å². The van der Waals surface area contributed by atoms with E-state index in [-0.39, 0.29) is 5.91 Å². The highest BCUT2D eigenvalue weighted by atomic mass is 79.9. The van der Waals surface area contributed by atoms with Gasteiger partial charge in [0.05, 0.1) is 6.21 Å². The number of hydrogen-bond donors (Lipinski definition) is 1. The van der Waals surface area contributed by atoms with Crippen LogP contribution >= 0.6 is 27.5 Å². The molecule has 2 rings (SSSR count). The molecule has 0 atom stereocenters. The van der Waals surface area contributed by atoms with Gasteiger partial charge in [-0.15, -0.1) is 0 Å². The largest absolute Gasteiger partial charge is 0.448 e. The number of hydrazone groups is 1. The Morgan fingerprint density at radius 3 is 2.89 bits per heavy atom. The van der Waals surface area contributed by atoms with Crippen molar-refractivity contribution in [2.45, 2.75) is 0 Å². The van der Waals surface area contributed by atoms with E-state index in [1.807, 2.05) is 0 Å². The zero-order valence-electron chi connectivity index (χ0n) is 9.06. The third-order valence-corrected chi connectivity index (χ3v) is 2.70. The smallest absolute Gasteiger partial charge is 0.271 e. The molecular weight excluding hydrogens is 320 g/mol. The fraction of sp³-hybridized carbons (Fsp3) is 0. The fourth-order valence-electron chi connectivity index (χ4n) is 1.25. The normalized spacial score (nSPS) is 10.8. The summed E-state index contributed by atoms with van der Waals surface area (Å²) < 4.78 is 5.79. The molecule has 0 aliphatic rings. The van der Waals surface area contributed by atoms with Gasteiger partial charge in [0.2, 0.25) is 0 Å². The molecule has 1 amide bonds. The number of carbonyl (C=O) groups is 1. The van der Waals surface area contributed by atoms with Crippen molar-refractivity contribution in [3.05, 3.63) is 57.4 Å². The topological polar surface area (TPSA) is 54.6 Å². The fourth-order valence-corrected chi connectivity index (χ4v) is 1.76. The first-order chi connectivity index (χ1) is 8.65. The molecule has 0 spiro atoms. The van der Waals surface area contributed by atoms with Crippen LogP contribution in [0, 0.1) is 0 Å². The monoisotopic (exact) mass is 326 g/mol. The Kier molecular flexibility index (Phi) is 4.17. The van der Waals surface area contributed by atoms with Crippen LogP contribution in [0.4, 0.5) is 0 Å². The summed E-state index contributed by atoms with van der Waals surface area (Å²) in [5.74, 6) is 0.202. The maximum absolute atomic E-state index is 11.7. The maximum Gasteiger partial charge on any atom is 0.271 e. The van der Waals surface area contributed by atoms with Crippen LogP contribution in [0.5, 0.6) is 0 Å². The van der Waals surface area contributed by atoms with E-state index >= 15 is 0 Å². The van der Waals surface area contributed by atoms with Crippen LogP contribution in [-0.4, -0.2) is 12.1 Å². The Bertz CT molecular complexity index is 595. The Morgan fingerprint density at radius 1 is 1.39 bits per heavy atom. The predicted octanol–water partition coefficient (Wildman–Crippen LogP) is 3.46. The molecule has 0 fully saturated rings. The minimum Gasteiger partial charge on any atom is -0.448 e. The van der Waals surface area contributed by atoms with E-state index in [9.17, 15) is 4.79 Å². The van der Waals surface area contributed by atoms with Crippen molar-refractivity contribution in [1.82, 2.24) is 5.43 Å². The van der Waals surface area contributed by atoms with Crippen LogP contribution in [0.25, 0.3) is 0 Å². The summed E-state index contributed by atoms with van der Waals surface area (Å²) in [6.45, 7) is 0. The van der Waals surface area contributed by atoms with Gasteiger partial charge in [0.1, 0.15) is 5.76 Å². The number of rotatable bonds is 3. The summed E-state index contributed by atoms with van der Waals surface area (Å²) in [6, 6.07) is 10.1. The highest BCUT2D eigenvalue weighted by Crippen LogP contribution is 2.12. The van der Waals surface area contributed by atoms with E-state index < -0.39 is 0 Å². The molecule has 0 unspecified atom stereocenters. The molecule has 6 heteroatoms. The molecule has 92 valence electrons. The first-order valence-electron chi connectivity index (χ1n) is 4.99. The Labute approximate surface area is 117 Å². The van der Waals surface area contributed by atoms with Gasteiger partial charge in [-0.25, -0.2) is 5.43 Å².